The molecule has 0 aromatic heterocycles. The highest BCUT2D eigenvalue weighted by Gasteiger charge is 2.65. The van der Waals surface area contributed by atoms with Gasteiger partial charge in [-0.05, 0) is 96.8 Å². The number of nitrogens with zero attached hydrogens (tertiary/aromatic N) is 3. The molecular formula is C65H88Cl2N6O20. The summed E-state index contributed by atoms with van der Waals surface area (Å²) in [5, 5.41) is 42.5. The minimum absolute atomic E-state index is 0.00553. The summed E-state index contributed by atoms with van der Waals surface area (Å²) < 4.78 is 55.5. The number of esters is 2. The number of aliphatic hydroxyl groups excluding tert-OH is 1. The molecule has 5 saturated heterocycles. The van der Waals surface area contributed by atoms with Gasteiger partial charge in [0.1, 0.15) is 75.3 Å². The molecule has 7 heterocycles. The number of carbonyl (C=O) groups excluding carboxylic acids is 7. The number of allylic oxidation sites excluding steroid dienone is 6. The average molecular weight is 1340 g/mol. The van der Waals surface area contributed by atoms with E-state index >= 15 is 0 Å². The second-order valence-electron chi connectivity index (χ2n) is 25.0. The summed E-state index contributed by atoms with van der Waals surface area (Å²) in [4.78, 5) is 90.3. The fourth-order valence-electron chi connectivity index (χ4n) is 12.0. The van der Waals surface area contributed by atoms with E-state index in [1.165, 1.54) is 50.2 Å². The number of cyclic esters (lactones) is 2. The molecule has 0 spiro atoms. The molecule has 0 aliphatic carbocycles. The highest BCUT2D eigenvalue weighted by atomic mass is 35.5. The first-order valence-corrected chi connectivity index (χ1v) is 31.2. The summed E-state index contributed by atoms with van der Waals surface area (Å²) in [5.41, 5.74) is -1.13. The number of aliphatic hydroxyl groups is 3. The number of epoxide rings is 2. The van der Waals surface area contributed by atoms with E-state index in [0.29, 0.717) is 35.7 Å². The van der Waals surface area contributed by atoms with Gasteiger partial charge in [0.05, 0.1) is 56.7 Å². The Morgan fingerprint density at radius 1 is 0.699 bits per heavy atom. The molecule has 28 heteroatoms. The number of rotatable bonds is 7. The first-order valence-electron chi connectivity index (χ1n) is 30.4. The lowest BCUT2D eigenvalue weighted by molar-refractivity contribution is -0.155. The molecule has 7 aliphatic heterocycles. The molecule has 26 nitrogen and oxygen atoms in total. The normalized spacial score (nSPS) is 35.2. The maximum atomic E-state index is 13.8. The topological polar surface area (TPSA) is 325 Å². The smallest absolute Gasteiger partial charge is 0.418 e. The van der Waals surface area contributed by atoms with Crippen LogP contribution in [0.15, 0.2) is 71.9 Å². The second-order valence-corrected chi connectivity index (χ2v) is 25.8. The zero-order chi connectivity index (χ0) is 69.0. The van der Waals surface area contributed by atoms with Crippen molar-refractivity contribution in [2.45, 2.75) is 177 Å². The van der Waals surface area contributed by atoms with Gasteiger partial charge in [-0.2, -0.15) is 0 Å². The number of halogens is 2. The van der Waals surface area contributed by atoms with E-state index in [1.807, 2.05) is 58.0 Å². The molecule has 5 amide bonds. The zero-order valence-electron chi connectivity index (χ0n) is 55.3. The van der Waals surface area contributed by atoms with Crippen molar-refractivity contribution in [2.24, 2.45) is 11.8 Å². The number of alkyl carbamates (subject to hydrolysis) is 2. The first-order chi connectivity index (χ1) is 43.6. The molecule has 0 radical (unpaired) electrons. The van der Waals surface area contributed by atoms with Crippen LogP contribution in [0.4, 0.5) is 25.8 Å². The van der Waals surface area contributed by atoms with Crippen LogP contribution in [-0.4, -0.2) is 202 Å². The van der Waals surface area contributed by atoms with Crippen LogP contribution in [0.3, 0.4) is 0 Å². The van der Waals surface area contributed by atoms with Crippen molar-refractivity contribution < 1.29 is 96.2 Å². The lowest BCUT2D eigenvalue weighted by atomic mass is 9.83. The fourth-order valence-corrected chi connectivity index (χ4v) is 12.6. The first kappa shape index (κ1) is 73.6. The molecule has 0 saturated carbocycles. The van der Waals surface area contributed by atoms with Crippen LogP contribution >= 0.6 is 23.2 Å². The van der Waals surface area contributed by atoms with Gasteiger partial charge < -0.3 is 77.8 Å². The number of likely N-dealkylation sites (N-methyl/N-ethyl adjacent to an activating group) is 2. The van der Waals surface area contributed by atoms with E-state index in [1.54, 1.807) is 79.2 Å². The van der Waals surface area contributed by atoms with Gasteiger partial charge in [-0.15, -0.1) is 0 Å². The third-order valence-corrected chi connectivity index (χ3v) is 19.1. The Bertz CT molecular complexity index is 3270. The Labute approximate surface area is 551 Å². The molecule has 16 atom stereocenters. The van der Waals surface area contributed by atoms with Gasteiger partial charge in [0.2, 0.25) is 11.8 Å². The van der Waals surface area contributed by atoms with Crippen molar-refractivity contribution in [2.75, 3.05) is 66.4 Å². The number of amides is 5. The van der Waals surface area contributed by atoms with Crippen LogP contribution in [-0.2, 0) is 69.9 Å². The third-order valence-electron chi connectivity index (χ3n) is 18.4. The maximum Gasteiger partial charge on any atom is 0.418 e. The van der Waals surface area contributed by atoms with E-state index in [9.17, 15) is 48.9 Å². The molecule has 7 aliphatic rings. The molecule has 9 rings (SSSR count). The number of hydrogen-bond donors (Lipinski definition) is 6. The van der Waals surface area contributed by atoms with Crippen molar-refractivity contribution in [3.05, 3.63) is 93.0 Å². The monoisotopic (exact) mass is 1340 g/mol. The zero-order valence-corrected chi connectivity index (χ0v) is 56.8. The number of methoxy groups -OCH3 is 4. The number of fused-ring (bicyclic) bond motifs is 10. The van der Waals surface area contributed by atoms with Crippen LogP contribution < -0.4 is 35.2 Å². The molecule has 8 bridgehead atoms. The minimum Gasteiger partial charge on any atom is -0.495 e. The minimum atomic E-state index is -1.78. The van der Waals surface area contributed by atoms with Gasteiger partial charge >= 0.3 is 30.2 Å². The number of hydrogen-bond acceptors (Lipinski definition) is 21. The summed E-state index contributed by atoms with van der Waals surface area (Å²) in [7, 11) is 12.3. The number of ether oxygens (including phenoxy) is 10. The molecule has 512 valence electrons. The number of benzene rings is 2. The van der Waals surface area contributed by atoms with E-state index in [-0.39, 0.29) is 47.5 Å². The Morgan fingerprint density at radius 2 is 1.13 bits per heavy atom. The Balaban J connectivity index is 0.000000233. The average Bonchev–Trinajstić information content (AvgIpc) is 1.59. The van der Waals surface area contributed by atoms with Gasteiger partial charge in [-0.1, -0.05) is 84.7 Å². The van der Waals surface area contributed by atoms with Crippen molar-refractivity contribution in [3.8, 4) is 11.5 Å². The molecular weight excluding hydrogens is 1260 g/mol. The Morgan fingerprint density at radius 3 is 1.52 bits per heavy atom. The van der Waals surface area contributed by atoms with Gasteiger partial charge in [0.25, 0.3) is 0 Å². The number of anilines is 2. The predicted octanol–water partition coefficient (Wildman–Crippen LogP) is 6.38. The lowest BCUT2D eigenvalue weighted by Gasteiger charge is -2.42. The standard InChI is InChI=1S/C32H44ClN3O9.C28H37ClN2O8.C5H7NO3/c1-17-10-9-11-24(42-8)32(40)16-23(43-30(39)35-32)18(2)28-31(4,45-28)25(44-29(38)19(3)34-5)15-26(37)36(6)21-13-20(12-17)14-22(41-7)27(21)33;1-15-8-7-9-22(37-6)28(35)14-20(38-26(34)30-28)16(2)25-27(3,39-25)21(32)13-23(33)31(4)18-11-17(10-15)12-19(36-5)24(18)29;1-3-4(7)9-5(8)6(3)2/h9-11,13-14,18-19,23-25,28,34,40H,12,15-16H2,1-8H3,(H,35,39);7-9,11-12,16,20-22,25,32,35H,10,13-14H2,1-6H3,(H,30,34);3H,1-2H3/b11-9+,17-10+;9-7+,15-8+;/t;;3-/m..0/s1. The van der Waals surface area contributed by atoms with Gasteiger partial charge in [0, 0.05) is 60.0 Å². The molecule has 15 unspecified atom stereocenters. The Kier molecular flexibility index (Phi) is 23.6. The summed E-state index contributed by atoms with van der Waals surface area (Å²) in [6.45, 7) is 14.3. The highest BCUT2D eigenvalue weighted by molar-refractivity contribution is 6.35. The van der Waals surface area contributed by atoms with Crippen molar-refractivity contribution in [3.63, 3.8) is 0 Å². The van der Waals surface area contributed by atoms with Gasteiger partial charge in [-0.3, -0.25) is 29.9 Å². The van der Waals surface area contributed by atoms with Crippen molar-refractivity contribution >= 4 is 76.6 Å². The van der Waals surface area contributed by atoms with Crippen LogP contribution in [0.1, 0.15) is 92.2 Å². The summed E-state index contributed by atoms with van der Waals surface area (Å²) in [6.07, 6.45) is 2.58. The second kappa shape index (κ2) is 29.8. The van der Waals surface area contributed by atoms with Gasteiger partial charge in [0.15, 0.2) is 11.4 Å². The number of nitrogens with one attached hydrogen (secondary N) is 3. The van der Waals surface area contributed by atoms with Crippen LogP contribution in [0.2, 0.25) is 10.0 Å². The highest BCUT2D eigenvalue weighted by Crippen LogP contribution is 2.51. The van der Waals surface area contributed by atoms with E-state index in [2.05, 4.69) is 20.7 Å². The molecule has 5 fully saturated rings. The predicted molar refractivity (Wildman–Crippen MR) is 341 cm³/mol. The molecule has 6 N–H and O–H groups in total. The van der Waals surface area contributed by atoms with Gasteiger partial charge in [-0.25, -0.2) is 19.2 Å². The third kappa shape index (κ3) is 16.5. The molecule has 93 heavy (non-hydrogen) atoms. The van der Waals surface area contributed by atoms with Crippen molar-refractivity contribution in [1.82, 2.24) is 20.9 Å². The lowest BCUT2D eigenvalue weighted by Crippen LogP contribution is -2.63. The maximum absolute atomic E-state index is 13.8. The van der Waals surface area contributed by atoms with E-state index in [0.717, 1.165) is 22.3 Å². The summed E-state index contributed by atoms with van der Waals surface area (Å²) in [6, 6.07) is 6.20. The fraction of sp³-hybridized carbons (Fsp3) is 0.585. The van der Waals surface area contributed by atoms with E-state index in [4.69, 9.17) is 65.8 Å². The van der Waals surface area contributed by atoms with Crippen LogP contribution in [0.25, 0.3) is 0 Å². The summed E-state index contributed by atoms with van der Waals surface area (Å²) in [5.74, 6) is -1.77. The SMILES string of the molecule is CNC(C)C(=O)OC1CC(=O)N(C)c2cc(cc(OC)c2Cl)C/C(C)=C/C=C/C(OC)C2(O)CC(OC(=O)N2)C(C)C2OC12C.COc1cc2cc(c1Cl)N(C)C(=O)CC(O)C1(C)OC1C(C)C1CC(O)(NC(=O)O1)C(OC)/C=C/C=C(\C)C2.C[C@H]1C(=O)OC(=O)N1C. The molecule has 2 aromatic carbocycles. The summed E-state index contributed by atoms with van der Waals surface area (Å²) >= 11 is 13.3. The Hall–Kier alpha value is -6.85. The van der Waals surface area contributed by atoms with Crippen molar-refractivity contribution in [1.29, 1.82) is 0 Å². The van der Waals surface area contributed by atoms with Crippen LogP contribution in [0.5, 0.6) is 11.5 Å². The largest absolute Gasteiger partial charge is 0.495 e. The van der Waals surface area contributed by atoms with E-state index < -0.39 is 126 Å². The quantitative estimate of drug-likeness (QED) is 0.0758. The number of carbonyl (C=O) groups is 7. The molecule has 2 aromatic rings. The van der Waals surface area contributed by atoms with Crippen LogP contribution in [0, 0.1) is 11.8 Å².